The normalized spacial score (nSPS) is 16.7. The van der Waals surface area contributed by atoms with E-state index in [4.69, 9.17) is 4.74 Å². The molecule has 96 valence electrons. The zero-order chi connectivity index (χ0) is 13.2. The molecule has 0 aromatic heterocycles. The molecule has 18 heavy (non-hydrogen) atoms. The summed E-state index contributed by atoms with van der Waals surface area (Å²) in [6, 6.07) is 7.04. The molecule has 0 spiro atoms. The summed E-state index contributed by atoms with van der Waals surface area (Å²) in [5, 5.41) is 9.25. The Balaban J connectivity index is 2.06. The number of aliphatic carboxylic acids is 1. The highest BCUT2D eigenvalue weighted by Crippen LogP contribution is 2.44. The fourth-order valence-electron chi connectivity index (χ4n) is 2.30. The van der Waals surface area contributed by atoms with Crippen molar-refractivity contribution >= 4 is 11.9 Å². The summed E-state index contributed by atoms with van der Waals surface area (Å²) in [5.41, 5.74) is 0.385. The molecule has 0 bridgehead atoms. The van der Waals surface area contributed by atoms with Crippen molar-refractivity contribution < 1.29 is 19.4 Å². The Morgan fingerprint density at radius 1 is 1.28 bits per heavy atom. The number of carbonyl (C=O) groups excluding carboxylic acids is 1. The number of carboxylic acids is 1. The minimum Gasteiger partial charge on any atom is -0.481 e. The molecule has 4 nitrogen and oxygen atoms in total. The van der Waals surface area contributed by atoms with E-state index >= 15 is 0 Å². The Morgan fingerprint density at radius 3 is 2.28 bits per heavy atom. The molecule has 1 aromatic carbocycles. The number of hydrogen-bond donors (Lipinski definition) is 1. The second-order valence-corrected chi connectivity index (χ2v) is 4.85. The predicted octanol–water partition coefficient (Wildman–Crippen LogP) is 2.41. The SMILES string of the molecule is CC(=O)Oc1ccc(CC2(C(=O)O)CCC2)cc1. The zero-order valence-corrected chi connectivity index (χ0v) is 10.3. The van der Waals surface area contributed by atoms with Gasteiger partial charge in [0, 0.05) is 6.92 Å². The predicted molar refractivity (Wildman–Crippen MR) is 65.4 cm³/mol. The number of rotatable bonds is 4. The highest BCUT2D eigenvalue weighted by Gasteiger charge is 2.44. The van der Waals surface area contributed by atoms with Gasteiger partial charge in [-0.25, -0.2) is 0 Å². The quantitative estimate of drug-likeness (QED) is 0.656. The molecule has 1 aliphatic rings. The molecule has 1 fully saturated rings. The lowest BCUT2D eigenvalue weighted by atomic mass is 9.65. The first-order valence-electron chi connectivity index (χ1n) is 6.03. The molecule has 0 amide bonds. The topological polar surface area (TPSA) is 63.6 Å². The summed E-state index contributed by atoms with van der Waals surface area (Å²) in [6.07, 6.45) is 3.02. The van der Waals surface area contributed by atoms with Crippen LogP contribution in [-0.2, 0) is 16.0 Å². The molecule has 1 aliphatic carbocycles. The van der Waals surface area contributed by atoms with Crippen LogP contribution in [-0.4, -0.2) is 17.0 Å². The smallest absolute Gasteiger partial charge is 0.309 e. The Bertz CT molecular complexity index is 457. The van der Waals surface area contributed by atoms with Gasteiger partial charge in [-0.1, -0.05) is 18.6 Å². The van der Waals surface area contributed by atoms with Crippen LogP contribution in [0.3, 0.4) is 0 Å². The first-order chi connectivity index (χ1) is 8.52. The number of ether oxygens (including phenoxy) is 1. The third-order valence-corrected chi connectivity index (χ3v) is 3.49. The molecular formula is C14H16O4. The maximum Gasteiger partial charge on any atom is 0.309 e. The molecular weight excluding hydrogens is 232 g/mol. The van der Waals surface area contributed by atoms with E-state index in [1.165, 1.54) is 6.92 Å². The van der Waals surface area contributed by atoms with Crippen molar-refractivity contribution in [2.24, 2.45) is 5.41 Å². The van der Waals surface area contributed by atoms with Crippen molar-refractivity contribution in [3.8, 4) is 5.75 Å². The maximum absolute atomic E-state index is 11.3. The summed E-state index contributed by atoms with van der Waals surface area (Å²) >= 11 is 0. The standard InChI is InChI=1S/C14H16O4/c1-10(15)18-12-5-3-11(4-6-12)9-14(13(16)17)7-2-8-14/h3-6H,2,7-9H2,1H3,(H,16,17). The second-order valence-electron chi connectivity index (χ2n) is 4.85. The van der Waals surface area contributed by atoms with E-state index in [0.29, 0.717) is 12.2 Å². The zero-order valence-electron chi connectivity index (χ0n) is 10.3. The number of carboxylic acid groups (broad SMARTS) is 1. The van der Waals surface area contributed by atoms with Crippen molar-refractivity contribution in [1.82, 2.24) is 0 Å². The van der Waals surface area contributed by atoms with Gasteiger partial charge in [0.15, 0.2) is 0 Å². The Morgan fingerprint density at radius 2 is 1.89 bits per heavy atom. The molecule has 1 N–H and O–H groups in total. The molecule has 2 rings (SSSR count). The number of benzene rings is 1. The highest BCUT2D eigenvalue weighted by molar-refractivity contribution is 5.76. The van der Waals surface area contributed by atoms with Crippen LogP contribution in [0.2, 0.25) is 0 Å². The summed E-state index contributed by atoms with van der Waals surface area (Å²) in [7, 11) is 0. The minimum absolute atomic E-state index is 0.358. The Labute approximate surface area is 106 Å². The van der Waals surface area contributed by atoms with Gasteiger partial charge in [-0.15, -0.1) is 0 Å². The average molecular weight is 248 g/mol. The average Bonchev–Trinajstić information content (AvgIpc) is 2.24. The summed E-state index contributed by atoms with van der Waals surface area (Å²) in [4.78, 5) is 22.0. The van der Waals surface area contributed by atoms with Crippen LogP contribution in [0, 0.1) is 5.41 Å². The van der Waals surface area contributed by atoms with Crippen LogP contribution >= 0.6 is 0 Å². The molecule has 0 heterocycles. The van der Waals surface area contributed by atoms with Crippen molar-refractivity contribution in [3.05, 3.63) is 29.8 Å². The van der Waals surface area contributed by atoms with Crippen molar-refractivity contribution in [2.75, 3.05) is 0 Å². The monoisotopic (exact) mass is 248 g/mol. The molecule has 0 saturated heterocycles. The van der Waals surface area contributed by atoms with Crippen molar-refractivity contribution in [1.29, 1.82) is 0 Å². The Kier molecular flexibility index (Phi) is 3.36. The highest BCUT2D eigenvalue weighted by atomic mass is 16.5. The summed E-state index contributed by atoms with van der Waals surface area (Å²) in [5.74, 6) is -0.578. The van der Waals surface area contributed by atoms with E-state index in [1.54, 1.807) is 12.1 Å². The van der Waals surface area contributed by atoms with Crippen molar-refractivity contribution in [3.63, 3.8) is 0 Å². The first-order valence-corrected chi connectivity index (χ1v) is 6.03. The van der Waals surface area contributed by atoms with Gasteiger partial charge in [0.2, 0.25) is 0 Å². The number of carbonyl (C=O) groups is 2. The third kappa shape index (κ3) is 2.53. The lowest BCUT2D eigenvalue weighted by Crippen LogP contribution is -2.39. The molecule has 0 unspecified atom stereocenters. The maximum atomic E-state index is 11.3. The number of esters is 1. The molecule has 0 atom stereocenters. The fraction of sp³-hybridized carbons (Fsp3) is 0.429. The van der Waals surface area contributed by atoms with Gasteiger partial charge in [0.25, 0.3) is 0 Å². The van der Waals surface area contributed by atoms with E-state index in [2.05, 4.69) is 0 Å². The van der Waals surface area contributed by atoms with Crippen LogP contribution in [0.1, 0.15) is 31.7 Å². The minimum atomic E-state index is -0.710. The van der Waals surface area contributed by atoms with E-state index in [9.17, 15) is 14.7 Å². The largest absolute Gasteiger partial charge is 0.481 e. The van der Waals surface area contributed by atoms with Crippen LogP contribution in [0.5, 0.6) is 5.75 Å². The third-order valence-electron chi connectivity index (χ3n) is 3.49. The van der Waals surface area contributed by atoms with Crippen LogP contribution < -0.4 is 4.74 Å². The van der Waals surface area contributed by atoms with Gasteiger partial charge in [-0.2, -0.15) is 0 Å². The molecule has 1 aromatic rings. The first kappa shape index (κ1) is 12.6. The van der Waals surface area contributed by atoms with E-state index in [1.807, 2.05) is 12.1 Å². The van der Waals surface area contributed by atoms with Crippen LogP contribution in [0.4, 0.5) is 0 Å². The molecule has 4 heteroatoms. The lowest BCUT2D eigenvalue weighted by molar-refractivity contribution is -0.154. The van der Waals surface area contributed by atoms with Gasteiger partial charge in [-0.05, 0) is 37.0 Å². The second kappa shape index (κ2) is 4.80. The van der Waals surface area contributed by atoms with E-state index in [0.717, 1.165) is 24.8 Å². The number of hydrogen-bond acceptors (Lipinski definition) is 3. The summed E-state index contributed by atoms with van der Waals surface area (Å²) < 4.78 is 4.93. The van der Waals surface area contributed by atoms with Gasteiger partial charge in [0.05, 0.1) is 5.41 Å². The summed E-state index contributed by atoms with van der Waals surface area (Å²) in [6.45, 7) is 1.35. The van der Waals surface area contributed by atoms with E-state index in [-0.39, 0.29) is 5.97 Å². The molecule has 0 aliphatic heterocycles. The Hall–Kier alpha value is -1.84. The van der Waals surface area contributed by atoms with Crippen molar-refractivity contribution in [2.45, 2.75) is 32.6 Å². The van der Waals surface area contributed by atoms with E-state index < -0.39 is 11.4 Å². The van der Waals surface area contributed by atoms with Gasteiger partial charge >= 0.3 is 11.9 Å². The fourth-order valence-corrected chi connectivity index (χ4v) is 2.30. The lowest BCUT2D eigenvalue weighted by Gasteiger charge is -2.37. The molecule has 1 saturated carbocycles. The van der Waals surface area contributed by atoms with Crippen LogP contribution in [0.25, 0.3) is 0 Å². The van der Waals surface area contributed by atoms with Gasteiger partial charge < -0.3 is 9.84 Å². The molecule has 0 radical (unpaired) electrons. The van der Waals surface area contributed by atoms with Gasteiger partial charge in [0.1, 0.15) is 5.75 Å². The van der Waals surface area contributed by atoms with Crippen LogP contribution in [0.15, 0.2) is 24.3 Å². The van der Waals surface area contributed by atoms with Gasteiger partial charge in [-0.3, -0.25) is 9.59 Å².